The number of hydrogen-bond acceptors (Lipinski definition) is 3. The third-order valence-electron chi connectivity index (χ3n) is 5.82. The van der Waals surface area contributed by atoms with Gasteiger partial charge in [-0.1, -0.05) is 48.0 Å². The Kier molecular flexibility index (Phi) is 5.58. The van der Waals surface area contributed by atoms with Gasteiger partial charge in [0.1, 0.15) is 5.75 Å². The number of carbonyl (C=O) groups excluding carboxylic acids is 2. The summed E-state index contributed by atoms with van der Waals surface area (Å²) in [7, 11) is 0. The van der Waals surface area contributed by atoms with Gasteiger partial charge in [0.2, 0.25) is 5.91 Å². The van der Waals surface area contributed by atoms with Crippen molar-refractivity contribution in [2.45, 2.75) is 46.0 Å². The van der Waals surface area contributed by atoms with E-state index in [1.807, 2.05) is 55.5 Å². The standard InChI is InChI=1S/C25H26BrNO3/c1-4-30-22-8-6-5-7-18(22)19-13-23(29)27(17-11-9-16(26)10-12-17)20-14-25(2,3)15-21(28)24(19)20/h5-12,19H,4,13-15H2,1-3H3. The van der Waals surface area contributed by atoms with E-state index < -0.39 is 0 Å². The number of benzene rings is 2. The van der Waals surface area contributed by atoms with Crippen molar-refractivity contribution in [1.82, 2.24) is 0 Å². The lowest BCUT2D eigenvalue weighted by Gasteiger charge is -2.43. The highest BCUT2D eigenvalue weighted by atomic mass is 79.9. The average molecular weight is 468 g/mol. The van der Waals surface area contributed by atoms with E-state index in [1.54, 1.807) is 4.90 Å². The minimum absolute atomic E-state index is 0.0119. The molecule has 5 heteroatoms. The second-order valence-electron chi connectivity index (χ2n) is 8.73. The number of halogens is 1. The number of ether oxygens (including phenoxy) is 1. The molecule has 0 aromatic heterocycles. The maximum Gasteiger partial charge on any atom is 0.232 e. The zero-order valence-corrected chi connectivity index (χ0v) is 19.2. The summed E-state index contributed by atoms with van der Waals surface area (Å²) in [6.07, 6.45) is 1.43. The molecule has 1 amide bonds. The molecular formula is C25H26BrNO3. The summed E-state index contributed by atoms with van der Waals surface area (Å²) in [4.78, 5) is 28.6. The molecule has 30 heavy (non-hydrogen) atoms. The SMILES string of the molecule is CCOc1ccccc1C1CC(=O)N(c2ccc(Br)cc2)C2=C1C(=O)CC(C)(C)C2. The minimum atomic E-state index is -0.273. The average Bonchev–Trinajstić information content (AvgIpc) is 2.68. The summed E-state index contributed by atoms with van der Waals surface area (Å²) in [6.45, 7) is 6.67. The highest BCUT2D eigenvalue weighted by Crippen LogP contribution is 2.49. The molecule has 2 aromatic rings. The van der Waals surface area contributed by atoms with Gasteiger partial charge in [0, 0.05) is 45.8 Å². The van der Waals surface area contributed by atoms with Crippen LogP contribution in [-0.2, 0) is 9.59 Å². The molecule has 0 saturated carbocycles. The zero-order valence-electron chi connectivity index (χ0n) is 17.6. The lowest BCUT2D eigenvalue weighted by atomic mass is 9.69. The number of Topliss-reactive ketones (excluding diaryl/α,β-unsaturated/α-hetero) is 1. The molecule has 4 rings (SSSR count). The molecule has 0 spiro atoms. The van der Waals surface area contributed by atoms with Crippen molar-refractivity contribution in [3.8, 4) is 5.75 Å². The third kappa shape index (κ3) is 3.83. The first-order valence-corrected chi connectivity index (χ1v) is 11.2. The third-order valence-corrected chi connectivity index (χ3v) is 6.35. The van der Waals surface area contributed by atoms with Gasteiger partial charge in [0.25, 0.3) is 0 Å². The Bertz CT molecular complexity index is 1020. The smallest absolute Gasteiger partial charge is 0.232 e. The first-order valence-electron chi connectivity index (χ1n) is 10.4. The van der Waals surface area contributed by atoms with Gasteiger partial charge >= 0.3 is 0 Å². The molecule has 1 aliphatic heterocycles. The molecule has 2 aromatic carbocycles. The number of rotatable bonds is 4. The van der Waals surface area contributed by atoms with Crippen LogP contribution < -0.4 is 9.64 Å². The van der Waals surface area contributed by atoms with Crippen molar-refractivity contribution in [1.29, 1.82) is 0 Å². The number of nitrogens with zero attached hydrogens (tertiary/aromatic N) is 1. The fourth-order valence-corrected chi connectivity index (χ4v) is 4.89. The number of hydrogen-bond donors (Lipinski definition) is 0. The fraction of sp³-hybridized carbons (Fsp3) is 0.360. The molecule has 0 bridgehead atoms. The van der Waals surface area contributed by atoms with Gasteiger partial charge in [0.15, 0.2) is 5.78 Å². The predicted molar refractivity (Wildman–Crippen MR) is 122 cm³/mol. The summed E-state index contributed by atoms with van der Waals surface area (Å²) in [6, 6.07) is 15.5. The molecular weight excluding hydrogens is 442 g/mol. The van der Waals surface area contributed by atoms with Crippen LogP contribution >= 0.6 is 15.9 Å². The molecule has 0 fully saturated rings. The lowest BCUT2D eigenvalue weighted by molar-refractivity contribution is -0.121. The predicted octanol–water partition coefficient (Wildman–Crippen LogP) is 6.01. The summed E-state index contributed by atoms with van der Waals surface area (Å²) < 4.78 is 6.79. The molecule has 0 N–H and O–H groups in total. The van der Waals surface area contributed by atoms with Crippen LogP contribution in [0.4, 0.5) is 5.69 Å². The Hall–Kier alpha value is -2.40. The van der Waals surface area contributed by atoms with Crippen LogP contribution in [0.3, 0.4) is 0 Å². The van der Waals surface area contributed by atoms with Crippen LogP contribution in [-0.4, -0.2) is 18.3 Å². The molecule has 2 aliphatic rings. The normalized spacial score (nSPS) is 20.9. The van der Waals surface area contributed by atoms with Crippen LogP contribution in [0.15, 0.2) is 64.3 Å². The summed E-state index contributed by atoms with van der Waals surface area (Å²) in [5, 5.41) is 0. The lowest BCUT2D eigenvalue weighted by Crippen LogP contribution is -2.43. The Morgan fingerprint density at radius 3 is 2.47 bits per heavy atom. The Morgan fingerprint density at radius 2 is 1.77 bits per heavy atom. The monoisotopic (exact) mass is 467 g/mol. The van der Waals surface area contributed by atoms with E-state index in [1.165, 1.54) is 0 Å². The van der Waals surface area contributed by atoms with E-state index in [9.17, 15) is 9.59 Å². The zero-order chi connectivity index (χ0) is 21.5. The summed E-state index contributed by atoms with van der Waals surface area (Å²) in [5.74, 6) is 0.620. The summed E-state index contributed by atoms with van der Waals surface area (Å²) >= 11 is 3.46. The maximum atomic E-state index is 13.4. The van der Waals surface area contributed by atoms with Crippen molar-refractivity contribution < 1.29 is 14.3 Å². The molecule has 1 unspecified atom stereocenters. The van der Waals surface area contributed by atoms with Gasteiger partial charge in [-0.2, -0.15) is 0 Å². The number of carbonyl (C=O) groups is 2. The Labute approximate surface area is 186 Å². The van der Waals surface area contributed by atoms with Crippen molar-refractivity contribution in [2.75, 3.05) is 11.5 Å². The van der Waals surface area contributed by atoms with Crippen molar-refractivity contribution in [2.24, 2.45) is 5.41 Å². The van der Waals surface area contributed by atoms with E-state index in [-0.39, 0.29) is 29.4 Å². The van der Waals surface area contributed by atoms with Crippen LogP contribution in [0.5, 0.6) is 5.75 Å². The number of amides is 1. The van der Waals surface area contributed by atoms with Crippen LogP contribution in [0.25, 0.3) is 0 Å². The first-order chi connectivity index (χ1) is 14.3. The van der Waals surface area contributed by atoms with Gasteiger partial charge in [-0.3, -0.25) is 14.5 Å². The second kappa shape index (κ2) is 8.03. The van der Waals surface area contributed by atoms with E-state index in [2.05, 4.69) is 29.8 Å². The Morgan fingerprint density at radius 1 is 1.07 bits per heavy atom. The largest absolute Gasteiger partial charge is 0.494 e. The minimum Gasteiger partial charge on any atom is -0.494 e. The first kappa shape index (κ1) is 20.9. The van der Waals surface area contributed by atoms with Crippen LogP contribution in [0.1, 0.15) is 51.5 Å². The maximum absolute atomic E-state index is 13.4. The summed E-state index contributed by atoms with van der Waals surface area (Å²) in [5.41, 5.74) is 3.14. The Balaban J connectivity index is 1.89. The van der Waals surface area contributed by atoms with E-state index in [0.29, 0.717) is 19.4 Å². The van der Waals surface area contributed by atoms with Gasteiger partial charge < -0.3 is 4.74 Å². The van der Waals surface area contributed by atoms with Crippen molar-refractivity contribution >= 4 is 33.3 Å². The number of para-hydroxylation sites is 1. The van der Waals surface area contributed by atoms with Gasteiger partial charge in [0.05, 0.1) is 6.61 Å². The molecule has 1 atom stereocenters. The van der Waals surface area contributed by atoms with E-state index in [0.717, 1.165) is 32.7 Å². The quantitative estimate of drug-likeness (QED) is 0.552. The van der Waals surface area contributed by atoms with Gasteiger partial charge in [-0.25, -0.2) is 0 Å². The van der Waals surface area contributed by atoms with Crippen molar-refractivity contribution in [3.05, 3.63) is 69.8 Å². The van der Waals surface area contributed by atoms with Crippen molar-refractivity contribution in [3.63, 3.8) is 0 Å². The van der Waals surface area contributed by atoms with E-state index in [4.69, 9.17) is 4.74 Å². The highest BCUT2D eigenvalue weighted by Gasteiger charge is 2.44. The number of ketones is 1. The van der Waals surface area contributed by atoms with Gasteiger partial charge in [-0.15, -0.1) is 0 Å². The van der Waals surface area contributed by atoms with Gasteiger partial charge in [-0.05, 0) is 49.1 Å². The molecule has 1 aliphatic carbocycles. The topological polar surface area (TPSA) is 46.6 Å². The molecule has 0 saturated heterocycles. The van der Waals surface area contributed by atoms with Crippen LogP contribution in [0.2, 0.25) is 0 Å². The van der Waals surface area contributed by atoms with E-state index >= 15 is 0 Å². The molecule has 1 heterocycles. The number of allylic oxidation sites excluding steroid dienone is 2. The molecule has 0 radical (unpaired) electrons. The number of anilines is 1. The molecule has 4 nitrogen and oxygen atoms in total. The fourth-order valence-electron chi connectivity index (χ4n) is 4.63. The van der Waals surface area contributed by atoms with Crippen LogP contribution in [0, 0.1) is 5.41 Å². The second-order valence-corrected chi connectivity index (χ2v) is 9.65. The highest BCUT2D eigenvalue weighted by molar-refractivity contribution is 9.10. The molecule has 156 valence electrons.